The van der Waals surface area contributed by atoms with Gasteiger partial charge in [-0.05, 0) is 182 Å². The van der Waals surface area contributed by atoms with E-state index in [1.54, 1.807) is 146 Å². The zero-order chi connectivity index (χ0) is 85.8. The molecule has 5 saturated heterocycles. The third-order valence-corrected chi connectivity index (χ3v) is 27.1. The normalized spacial score (nSPS) is 33.4. The van der Waals surface area contributed by atoms with E-state index in [-0.39, 0.29) is 97.8 Å². The van der Waals surface area contributed by atoms with Crippen LogP contribution in [0.5, 0.6) is 0 Å². The molecule has 5 aliphatic heterocycles. The molecular formula is C99H100O25. The van der Waals surface area contributed by atoms with Crippen molar-refractivity contribution in [3.63, 3.8) is 0 Å². The lowest BCUT2D eigenvalue weighted by Gasteiger charge is -2.60. The molecule has 0 N–H and O–H groups in total. The first-order chi connectivity index (χ1) is 60.2. The molecule has 0 amide bonds. The van der Waals surface area contributed by atoms with E-state index in [4.69, 9.17) is 75.8 Å². The first-order valence-corrected chi connectivity index (χ1v) is 42.9. The fourth-order valence-corrected chi connectivity index (χ4v) is 20.9. The molecule has 8 aromatic carbocycles. The maximum atomic E-state index is 15.6. The molecule has 4 saturated carbocycles. The molecule has 0 unspecified atom stereocenters. The molecule has 646 valence electrons. The number of hydrogen-bond donors (Lipinski definition) is 0. The monoisotopic (exact) mass is 1690 g/mol. The number of Topliss-reactive ketones (excluding diaryl/α,β-unsaturated/α-hetero) is 1. The number of carbonyl (C=O) groups is 9. The smallest absolute Gasteiger partial charge is 0.338 e. The summed E-state index contributed by atoms with van der Waals surface area (Å²) in [5.41, 5.74) is -0.143. The lowest BCUT2D eigenvalue weighted by atomic mass is 9.44. The Hall–Kier alpha value is -11.1. The van der Waals surface area contributed by atoms with Gasteiger partial charge in [-0.1, -0.05) is 173 Å². The molecule has 17 rings (SSSR count). The summed E-state index contributed by atoms with van der Waals surface area (Å²) in [6.07, 6.45) is -18.3. The summed E-state index contributed by atoms with van der Waals surface area (Å²) in [6, 6.07) is 63.4. The Bertz CT molecular complexity index is 5080. The van der Waals surface area contributed by atoms with Gasteiger partial charge in [-0.2, -0.15) is 0 Å². The minimum atomic E-state index is -2.00. The van der Waals surface area contributed by atoms with Crippen molar-refractivity contribution >= 4 is 53.5 Å². The van der Waals surface area contributed by atoms with E-state index in [0.717, 1.165) is 32.1 Å². The number of rotatable bonds is 23. The van der Waals surface area contributed by atoms with Crippen molar-refractivity contribution in [3.8, 4) is 0 Å². The molecule has 1 spiro atoms. The highest BCUT2D eigenvalue weighted by Crippen LogP contribution is 2.71. The number of carbonyl (C=O) groups excluding carboxylic acids is 9. The van der Waals surface area contributed by atoms with Gasteiger partial charge in [0.25, 0.3) is 0 Å². The Morgan fingerprint density at radius 1 is 0.379 bits per heavy atom. The van der Waals surface area contributed by atoms with Crippen LogP contribution in [0, 0.1) is 52.3 Å². The topological polar surface area (TPSA) is 301 Å². The third kappa shape index (κ3) is 17.7. The van der Waals surface area contributed by atoms with E-state index in [2.05, 4.69) is 27.7 Å². The largest absolute Gasteiger partial charge is 0.452 e. The summed E-state index contributed by atoms with van der Waals surface area (Å²) in [5.74, 6) is -7.13. The van der Waals surface area contributed by atoms with Gasteiger partial charge < -0.3 is 75.8 Å². The van der Waals surface area contributed by atoms with Gasteiger partial charge in [0.15, 0.2) is 73.5 Å². The van der Waals surface area contributed by atoms with Crippen LogP contribution in [0.1, 0.15) is 168 Å². The van der Waals surface area contributed by atoms with Gasteiger partial charge in [-0.25, -0.2) is 38.4 Å². The molecular weight excluding hydrogens is 1590 g/mol. The molecule has 9 fully saturated rings. The zero-order valence-electron chi connectivity index (χ0n) is 69.2. The van der Waals surface area contributed by atoms with Crippen molar-refractivity contribution in [1.29, 1.82) is 0 Å². The van der Waals surface area contributed by atoms with Crippen LogP contribution in [0.25, 0.3) is 0 Å². The van der Waals surface area contributed by atoms with Crippen molar-refractivity contribution in [2.75, 3.05) is 26.4 Å². The number of ketones is 1. The number of benzene rings is 8. The lowest BCUT2D eigenvalue weighted by Crippen LogP contribution is -2.66. The maximum absolute atomic E-state index is 15.6. The van der Waals surface area contributed by atoms with Crippen LogP contribution in [-0.4, -0.2) is 178 Å². The minimum absolute atomic E-state index is 0.00503. The Kier molecular flexibility index (Phi) is 25.4. The van der Waals surface area contributed by atoms with E-state index < -0.39 is 171 Å². The van der Waals surface area contributed by atoms with Crippen molar-refractivity contribution in [2.45, 2.75) is 183 Å². The summed E-state index contributed by atoms with van der Waals surface area (Å²) in [4.78, 5) is 134. The van der Waals surface area contributed by atoms with Crippen LogP contribution in [0.2, 0.25) is 0 Å². The summed E-state index contributed by atoms with van der Waals surface area (Å²) in [7, 11) is 0. The molecule has 25 atom stereocenters. The molecule has 9 aliphatic rings. The van der Waals surface area contributed by atoms with Crippen LogP contribution in [0.3, 0.4) is 0 Å². The molecule has 25 heteroatoms. The fourth-order valence-electron chi connectivity index (χ4n) is 20.9. The van der Waals surface area contributed by atoms with Gasteiger partial charge >= 0.3 is 47.8 Å². The number of fused-ring (bicyclic) bond motifs is 7. The predicted molar refractivity (Wildman–Crippen MR) is 441 cm³/mol. The quantitative estimate of drug-likeness (QED) is 0.0326. The lowest BCUT2D eigenvalue weighted by molar-refractivity contribution is -0.359. The molecule has 4 aliphatic carbocycles. The number of hydrogen-bond acceptors (Lipinski definition) is 25. The molecule has 0 radical (unpaired) electrons. The van der Waals surface area contributed by atoms with E-state index >= 15 is 19.2 Å². The van der Waals surface area contributed by atoms with Crippen LogP contribution >= 0.6 is 0 Å². The van der Waals surface area contributed by atoms with Gasteiger partial charge in [0.1, 0.15) is 18.0 Å². The Balaban J connectivity index is 0.765. The average Bonchev–Trinajstić information content (AvgIpc) is 1.50. The van der Waals surface area contributed by atoms with E-state index in [0.29, 0.717) is 31.8 Å². The highest BCUT2D eigenvalue weighted by molar-refractivity contribution is 5.94. The number of ether oxygens (including phenoxy) is 16. The van der Waals surface area contributed by atoms with Crippen molar-refractivity contribution < 1.29 is 119 Å². The van der Waals surface area contributed by atoms with Crippen LogP contribution in [0.15, 0.2) is 243 Å². The summed E-state index contributed by atoms with van der Waals surface area (Å²) >= 11 is 0. The van der Waals surface area contributed by atoms with E-state index in [1.165, 1.54) is 97.1 Å². The summed E-state index contributed by atoms with van der Waals surface area (Å²) in [5, 5.41) is 0. The van der Waals surface area contributed by atoms with E-state index in [1.807, 2.05) is 0 Å². The second-order valence-corrected chi connectivity index (χ2v) is 34.6. The van der Waals surface area contributed by atoms with Crippen LogP contribution in [-0.2, 0) is 80.6 Å². The number of esters is 8. The van der Waals surface area contributed by atoms with E-state index in [9.17, 15) is 24.0 Å². The maximum Gasteiger partial charge on any atom is 0.338 e. The average molecular weight is 1690 g/mol. The zero-order valence-corrected chi connectivity index (χ0v) is 69.2. The van der Waals surface area contributed by atoms with Gasteiger partial charge in [0, 0.05) is 24.7 Å². The highest BCUT2D eigenvalue weighted by atomic mass is 16.8. The first-order valence-electron chi connectivity index (χ1n) is 42.9. The van der Waals surface area contributed by atoms with Gasteiger partial charge in [-0.15, -0.1) is 0 Å². The Labute approximate surface area is 718 Å². The third-order valence-electron chi connectivity index (χ3n) is 27.1. The SMILES string of the molecule is C[C@@H]1CC[C@@]2(OC1)O[C@H]1C[C@H]3[C@@H]4CC(=O)[C@H]5C[C@@H](O[C@@H]6O[C@H](CO[C@@H]7OC[C@H](OC(=O)c8ccccc8)[C@H](OC(=O)c8ccccc8)[C@H]7OC(=O)c7ccccc7)[C@@H](O[C@@H]7OC[C@@H](OC(=O)c8ccccc8)[C@H](OC(=O)c8ccccc8)[C@H]7OC(=O)c7ccccc7)[C@H](OC(=O)c7ccccc7)[C@H]6OC(=O)c6ccccc6)CC[C@]5(C)[C@H]4CC[C@]3(C)[C@H]1[C@@H]2C. The standard InChI is InChI=1S/C99H100O25/c1-58-45-50-99(112-54-58)59(2)78-74(124-99)53-71-69-52-73(100)72-51-68(46-48-97(72,3)70(69)47-49-98(71,78)4)113-96-85(122-93(108)67-43-27-12-28-44-67)82(119-90(105)64-37-21-9-22-38-64)79(123-95-84(121-92(107)66-41-25-11-26-42-66)81(118-89(104)63-35-19-8-20-36-63)76(56-111-95)115-87(102)61-31-15-6-16-32-61)77(116-96)57-110-94-83(120-91(106)65-39-23-10-24-40-65)80(117-88(103)62-33-17-7-18-34-62)75(55-109-94)114-86(101)60-29-13-5-14-30-60/h5-44,58-59,68-72,74-85,94-96H,45-57H2,1-4H3/t58-,59+,68+,69-,70+,71+,72-,74+,75+,76-,77-,78+,79-,80+,81+,82+,83-,84-,85-,94+,95+,96-,97-,98+,99-/m1/s1. The van der Waals surface area contributed by atoms with Gasteiger partial charge in [0.2, 0.25) is 0 Å². The fraction of sp³-hybridized carbons (Fsp3) is 0.424. The van der Waals surface area contributed by atoms with Crippen LogP contribution in [0.4, 0.5) is 0 Å². The predicted octanol–water partition coefficient (Wildman–Crippen LogP) is 14.6. The molecule has 5 heterocycles. The molecule has 0 bridgehead atoms. The molecule has 0 aromatic heterocycles. The van der Waals surface area contributed by atoms with Gasteiger partial charge in [-0.3, -0.25) is 4.79 Å². The van der Waals surface area contributed by atoms with Gasteiger partial charge in [0.05, 0.1) is 83.1 Å². The molecule has 124 heavy (non-hydrogen) atoms. The summed E-state index contributed by atoms with van der Waals surface area (Å²) < 4.78 is 108. The van der Waals surface area contributed by atoms with Crippen molar-refractivity contribution in [3.05, 3.63) is 287 Å². The van der Waals surface area contributed by atoms with Crippen LogP contribution < -0.4 is 0 Å². The highest BCUT2D eigenvalue weighted by Gasteiger charge is 2.71. The van der Waals surface area contributed by atoms with Crippen molar-refractivity contribution in [2.24, 2.45) is 52.3 Å². The molecule has 25 nitrogen and oxygen atoms in total. The Morgan fingerprint density at radius 2 is 0.758 bits per heavy atom. The van der Waals surface area contributed by atoms with Crippen molar-refractivity contribution in [1.82, 2.24) is 0 Å². The second kappa shape index (κ2) is 37.0. The summed E-state index contributed by atoms with van der Waals surface area (Å²) in [6.45, 7) is 7.85. The minimum Gasteiger partial charge on any atom is -0.452 e. The first kappa shape index (κ1) is 85.1. The molecule has 8 aromatic rings. The second-order valence-electron chi connectivity index (χ2n) is 34.6. The Morgan fingerprint density at radius 3 is 1.18 bits per heavy atom.